The molecule has 0 saturated heterocycles. The Labute approximate surface area is 133 Å². The van der Waals surface area contributed by atoms with E-state index < -0.39 is 0 Å². The van der Waals surface area contributed by atoms with Crippen LogP contribution in [-0.4, -0.2) is 27.6 Å². The maximum Gasteiger partial charge on any atom is 0.234 e. The number of hydrogen-bond donors (Lipinski definition) is 1. The monoisotopic (exact) mass is 307 g/mol. The summed E-state index contributed by atoms with van der Waals surface area (Å²) in [6.07, 6.45) is 0. The van der Waals surface area contributed by atoms with Crippen molar-refractivity contribution in [3.05, 3.63) is 42.0 Å². The fraction of sp³-hybridized carbons (Fsp3) is 0.222. The van der Waals surface area contributed by atoms with Gasteiger partial charge in [-0.25, -0.2) is 4.98 Å². The molecule has 0 saturated carbocycles. The maximum atomic E-state index is 12.1. The molecular formula is C18H17N3O2. The molecule has 1 unspecified atom stereocenters. The van der Waals surface area contributed by atoms with Crippen LogP contribution in [0.3, 0.4) is 0 Å². The van der Waals surface area contributed by atoms with E-state index in [2.05, 4.69) is 0 Å². The van der Waals surface area contributed by atoms with Gasteiger partial charge in [0.15, 0.2) is 0 Å². The number of anilines is 1. The minimum Gasteiger partial charge on any atom is -0.508 e. The third kappa shape index (κ3) is 1.86. The smallest absolute Gasteiger partial charge is 0.234 e. The van der Waals surface area contributed by atoms with Crippen molar-refractivity contribution < 1.29 is 9.90 Å². The topological polar surface area (TPSA) is 58.4 Å². The van der Waals surface area contributed by atoms with Crippen LogP contribution in [0.4, 0.5) is 5.69 Å². The Morgan fingerprint density at radius 1 is 1.13 bits per heavy atom. The number of nitrogens with zero attached hydrogens (tertiary/aromatic N) is 3. The van der Waals surface area contributed by atoms with Gasteiger partial charge < -0.3 is 14.6 Å². The van der Waals surface area contributed by atoms with Crippen LogP contribution in [0.2, 0.25) is 0 Å². The van der Waals surface area contributed by atoms with Gasteiger partial charge in [-0.3, -0.25) is 4.79 Å². The van der Waals surface area contributed by atoms with Crippen molar-refractivity contribution in [1.82, 2.24) is 9.55 Å². The number of phenols is 1. The molecule has 1 aliphatic rings. The minimum absolute atomic E-state index is 0.120. The Hall–Kier alpha value is -2.82. The van der Waals surface area contributed by atoms with E-state index in [1.807, 2.05) is 49.9 Å². The van der Waals surface area contributed by atoms with Crippen molar-refractivity contribution >= 4 is 22.6 Å². The molecule has 4 rings (SSSR count). The van der Waals surface area contributed by atoms with Crippen LogP contribution < -0.4 is 4.90 Å². The number of likely N-dealkylation sites (N-methyl/N-ethyl adjacent to an activating group) is 1. The summed E-state index contributed by atoms with van der Waals surface area (Å²) in [5.74, 6) is 1.07. The van der Waals surface area contributed by atoms with Crippen LogP contribution >= 0.6 is 0 Å². The zero-order chi connectivity index (χ0) is 16.3. The molecule has 0 spiro atoms. The molecule has 1 aromatic heterocycles. The van der Waals surface area contributed by atoms with E-state index in [-0.39, 0.29) is 17.6 Å². The minimum atomic E-state index is -0.126. The number of carbonyl (C=O) groups excluding carboxylic acids is 1. The Morgan fingerprint density at radius 2 is 1.83 bits per heavy atom. The first kappa shape index (κ1) is 13.8. The Kier molecular flexibility index (Phi) is 2.75. The lowest BCUT2D eigenvalue weighted by Gasteiger charge is -2.10. The van der Waals surface area contributed by atoms with Crippen LogP contribution in [0, 0.1) is 0 Å². The van der Waals surface area contributed by atoms with Crippen molar-refractivity contribution in [3.63, 3.8) is 0 Å². The number of rotatable bonds is 1. The van der Waals surface area contributed by atoms with Crippen LogP contribution in [0.5, 0.6) is 5.75 Å². The molecule has 1 amide bonds. The molecule has 0 bridgehead atoms. The van der Waals surface area contributed by atoms with Gasteiger partial charge in [0.1, 0.15) is 11.6 Å². The number of fused-ring (bicyclic) bond motifs is 2. The van der Waals surface area contributed by atoms with E-state index in [0.717, 1.165) is 33.7 Å². The van der Waals surface area contributed by atoms with Crippen molar-refractivity contribution in [3.8, 4) is 17.1 Å². The molecule has 0 fully saturated rings. The fourth-order valence-electron chi connectivity index (χ4n) is 3.29. The van der Waals surface area contributed by atoms with Crippen molar-refractivity contribution in [2.24, 2.45) is 7.05 Å². The number of aryl methyl sites for hydroxylation is 1. The van der Waals surface area contributed by atoms with Gasteiger partial charge in [-0.2, -0.15) is 0 Å². The van der Waals surface area contributed by atoms with Gasteiger partial charge in [-0.15, -0.1) is 0 Å². The van der Waals surface area contributed by atoms with Gasteiger partial charge in [-0.1, -0.05) is 0 Å². The summed E-state index contributed by atoms with van der Waals surface area (Å²) in [4.78, 5) is 18.6. The average Bonchev–Trinajstić information content (AvgIpc) is 2.98. The summed E-state index contributed by atoms with van der Waals surface area (Å²) in [6, 6.07) is 11.1. The highest BCUT2D eigenvalue weighted by molar-refractivity contribution is 6.06. The van der Waals surface area contributed by atoms with E-state index in [1.54, 1.807) is 17.0 Å². The van der Waals surface area contributed by atoms with E-state index >= 15 is 0 Å². The van der Waals surface area contributed by atoms with Crippen molar-refractivity contribution in [1.29, 1.82) is 0 Å². The second kappa shape index (κ2) is 4.59. The maximum absolute atomic E-state index is 12.1. The molecule has 116 valence electrons. The molecule has 23 heavy (non-hydrogen) atoms. The van der Waals surface area contributed by atoms with Crippen LogP contribution in [0.1, 0.15) is 18.4 Å². The number of aromatic hydroxyl groups is 1. The first-order valence-electron chi connectivity index (χ1n) is 7.54. The zero-order valence-electron chi connectivity index (χ0n) is 13.2. The van der Waals surface area contributed by atoms with Crippen LogP contribution in [-0.2, 0) is 11.8 Å². The van der Waals surface area contributed by atoms with E-state index in [1.165, 1.54) is 0 Å². The summed E-state index contributed by atoms with van der Waals surface area (Å²) in [5.41, 5.74) is 4.79. The molecule has 1 N–H and O–H groups in total. The lowest BCUT2D eigenvalue weighted by molar-refractivity contribution is -0.118. The average molecular weight is 307 g/mol. The van der Waals surface area contributed by atoms with Crippen LogP contribution in [0.15, 0.2) is 36.4 Å². The largest absolute Gasteiger partial charge is 0.508 e. The predicted molar refractivity (Wildman–Crippen MR) is 89.6 cm³/mol. The number of imidazole rings is 1. The normalized spacial score (nSPS) is 17.1. The molecule has 1 atom stereocenters. The number of benzene rings is 2. The lowest BCUT2D eigenvalue weighted by atomic mass is 10.0. The molecule has 3 aromatic rings. The van der Waals surface area contributed by atoms with Gasteiger partial charge in [0, 0.05) is 25.3 Å². The lowest BCUT2D eigenvalue weighted by Crippen LogP contribution is -2.22. The Morgan fingerprint density at radius 3 is 2.52 bits per heavy atom. The molecular weight excluding hydrogens is 290 g/mol. The third-order valence-electron chi connectivity index (χ3n) is 4.68. The second-order valence-electron chi connectivity index (χ2n) is 6.06. The highest BCUT2D eigenvalue weighted by Gasteiger charge is 2.32. The zero-order valence-corrected chi connectivity index (χ0v) is 13.2. The molecule has 5 nitrogen and oxygen atoms in total. The summed E-state index contributed by atoms with van der Waals surface area (Å²) in [5, 5.41) is 9.44. The number of hydrogen-bond acceptors (Lipinski definition) is 3. The number of phenolic OH excluding ortho intramolecular Hbond substituents is 1. The summed E-state index contributed by atoms with van der Waals surface area (Å²) < 4.78 is 2.02. The predicted octanol–water partition coefficient (Wildman–Crippen LogP) is 3.03. The molecule has 2 aromatic carbocycles. The van der Waals surface area contributed by atoms with Crippen molar-refractivity contribution in [2.45, 2.75) is 12.8 Å². The summed E-state index contributed by atoms with van der Waals surface area (Å²) >= 11 is 0. The first-order chi connectivity index (χ1) is 11.0. The molecule has 2 heterocycles. The molecule has 5 heteroatoms. The van der Waals surface area contributed by atoms with Crippen molar-refractivity contribution in [2.75, 3.05) is 11.9 Å². The summed E-state index contributed by atoms with van der Waals surface area (Å²) in [7, 11) is 3.78. The van der Waals surface area contributed by atoms with Gasteiger partial charge >= 0.3 is 0 Å². The Bertz CT molecular complexity index is 941. The Balaban J connectivity index is 1.93. The first-order valence-corrected chi connectivity index (χ1v) is 7.54. The third-order valence-corrected chi connectivity index (χ3v) is 4.68. The van der Waals surface area contributed by atoms with E-state index in [0.29, 0.717) is 0 Å². The quantitative estimate of drug-likeness (QED) is 0.752. The van der Waals surface area contributed by atoms with Gasteiger partial charge in [0.25, 0.3) is 0 Å². The molecule has 0 aliphatic carbocycles. The standard InChI is InChI=1S/C18H17N3O2/c1-10-13-8-14-16(9-15(13)21(3)18(10)23)20(2)17(19-14)11-4-6-12(22)7-5-11/h4-10,22H,1-3H3. The summed E-state index contributed by atoms with van der Waals surface area (Å²) in [6.45, 7) is 1.93. The van der Waals surface area contributed by atoms with E-state index in [4.69, 9.17) is 4.98 Å². The highest BCUT2D eigenvalue weighted by Crippen LogP contribution is 2.39. The SMILES string of the molecule is CC1C(=O)N(C)c2cc3c(cc21)nc(-c1ccc(O)cc1)n3C. The number of amides is 1. The molecule has 0 radical (unpaired) electrons. The van der Waals surface area contributed by atoms with Gasteiger partial charge in [0.05, 0.1) is 17.0 Å². The van der Waals surface area contributed by atoms with Gasteiger partial charge in [0.2, 0.25) is 5.91 Å². The van der Waals surface area contributed by atoms with E-state index in [9.17, 15) is 9.90 Å². The number of carbonyl (C=O) groups is 1. The van der Waals surface area contributed by atoms with Crippen LogP contribution in [0.25, 0.3) is 22.4 Å². The molecule has 1 aliphatic heterocycles. The highest BCUT2D eigenvalue weighted by atomic mass is 16.3. The number of aromatic nitrogens is 2. The second-order valence-corrected chi connectivity index (χ2v) is 6.06. The van der Waals surface area contributed by atoms with Gasteiger partial charge in [-0.05, 0) is 48.9 Å². The fourth-order valence-corrected chi connectivity index (χ4v) is 3.29.